The Morgan fingerprint density at radius 1 is 1.41 bits per heavy atom. The number of nitrogens with one attached hydrogen (secondary N) is 1. The lowest BCUT2D eigenvalue weighted by Gasteiger charge is -2.15. The Bertz CT molecular complexity index is 452. The number of nitrogens with zero attached hydrogens (tertiary/aromatic N) is 1. The summed E-state index contributed by atoms with van der Waals surface area (Å²) in [5.41, 5.74) is 0.574. The van der Waals surface area contributed by atoms with Gasteiger partial charge in [0.05, 0.1) is 20.3 Å². The van der Waals surface area contributed by atoms with Gasteiger partial charge in [-0.25, -0.2) is 0 Å². The number of benzene rings is 1. The maximum atomic E-state index is 11.0. The molecule has 1 aromatic rings. The summed E-state index contributed by atoms with van der Waals surface area (Å²) in [6.07, 6.45) is 0. The van der Waals surface area contributed by atoms with Gasteiger partial charge in [0.1, 0.15) is 17.5 Å². The molecule has 1 aromatic carbocycles. The average molecular weight is 234 g/mol. The number of carbonyl (C=O) groups is 1. The monoisotopic (exact) mass is 234 g/mol. The van der Waals surface area contributed by atoms with E-state index in [0.717, 1.165) is 0 Å². The van der Waals surface area contributed by atoms with Gasteiger partial charge in [-0.05, 0) is 18.2 Å². The highest BCUT2D eigenvalue weighted by Gasteiger charge is 2.17. The van der Waals surface area contributed by atoms with Gasteiger partial charge in [0.2, 0.25) is 5.91 Å². The number of methoxy groups -OCH3 is 2. The van der Waals surface area contributed by atoms with Crippen LogP contribution in [0.15, 0.2) is 18.2 Å². The van der Waals surface area contributed by atoms with Gasteiger partial charge in [0.15, 0.2) is 0 Å². The van der Waals surface area contributed by atoms with Gasteiger partial charge in [0.25, 0.3) is 0 Å². The molecule has 0 radical (unpaired) electrons. The van der Waals surface area contributed by atoms with Crippen molar-refractivity contribution in [3.63, 3.8) is 0 Å². The van der Waals surface area contributed by atoms with Crippen molar-refractivity contribution in [3.8, 4) is 17.6 Å². The van der Waals surface area contributed by atoms with Crippen molar-refractivity contribution in [2.45, 2.75) is 13.0 Å². The second-order valence-electron chi connectivity index (χ2n) is 3.37. The highest BCUT2D eigenvalue weighted by Crippen LogP contribution is 2.29. The van der Waals surface area contributed by atoms with Crippen LogP contribution in [-0.2, 0) is 4.79 Å². The van der Waals surface area contributed by atoms with Crippen LogP contribution in [0.2, 0.25) is 0 Å². The minimum atomic E-state index is -0.752. The van der Waals surface area contributed by atoms with Gasteiger partial charge in [-0.2, -0.15) is 5.26 Å². The summed E-state index contributed by atoms with van der Waals surface area (Å²) in [5, 5.41) is 11.6. The summed E-state index contributed by atoms with van der Waals surface area (Å²) in [6.45, 7) is 1.36. The topological polar surface area (TPSA) is 71.3 Å². The molecule has 0 bridgehead atoms. The van der Waals surface area contributed by atoms with Crippen LogP contribution < -0.4 is 14.8 Å². The predicted molar refractivity (Wildman–Crippen MR) is 61.7 cm³/mol. The molecule has 0 spiro atoms. The van der Waals surface area contributed by atoms with Gasteiger partial charge in [-0.3, -0.25) is 4.79 Å². The van der Waals surface area contributed by atoms with Crippen LogP contribution in [0.1, 0.15) is 18.5 Å². The Hall–Kier alpha value is -2.22. The Kier molecular flexibility index (Phi) is 4.35. The molecule has 90 valence electrons. The summed E-state index contributed by atoms with van der Waals surface area (Å²) in [4.78, 5) is 11.0. The number of ether oxygens (including phenoxy) is 2. The molecule has 1 rings (SSSR count). The van der Waals surface area contributed by atoms with Crippen LogP contribution in [0, 0.1) is 11.3 Å². The van der Waals surface area contributed by atoms with Crippen molar-refractivity contribution in [1.29, 1.82) is 5.26 Å². The highest BCUT2D eigenvalue weighted by atomic mass is 16.5. The third-order valence-electron chi connectivity index (χ3n) is 2.22. The standard InChI is InChI=1S/C12H14N2O3/c1-8(15)14-11(7-13)10-6-9(16-2)4-5-12(10)17-3/h4-6,11H,1-3H3,(H,14,15). The van der Waals surface area contributed by atoms with E-state index in [9.17, 15) is 4.79 Å². The van der Waals surface area contributed by atoms with E-state index in [2.05, 4.69) is 5.32 Å². The zero-order valence-corrected chi connectivity index (χ0v) is 9.98. The van der Waals surface area contributed by atoms with Gasteiger partial charge >= 0.3 is 0 Å². The maximum Gasteiger partial charge on any atom is 0.218 e. The van der Waals surface area contributed by atoms with E-state index in [4.69, 9.17) is 14.7 Å². The predicted octanol–water partition coefficient (Wildman–Crippen LogP) is 1.40. The second kappa shape index (κ2) is 5.75. The van der Waals surface area contributed by atoms with Gasteiger partial charge in [0, 0.05) is 12.5 Å². The quantitative estimate of drug-likeness (QED) is 0.854. The molecule has 5 heteroatoms. The lowest BCUT2D eigenvalue weighted by Crippen LogP contribution is -2.25. The average Bonchev–Trinajstić information content (AvgIpc) is 2.34. The van der Waals surface area contributed by atoms with Crippen molar-refractivity contribution in [2.75, 3.05) is 14.2 Å². The molecule has 0 aliphatic carbocycles. The van der Waals surface area contributed by atoms with Gasteiger partial charge < -0.3 is 14.8 Å². The van der Waals surface area contributed by atoms with Gasteiger partial charge in [-0.15, -0.1) is 0 Å². The molecule has 0 fully saturated rings. The first kappa shape index (κ1) is 12.8. The molecule has 0 aliphatic rings. The Morgan fingerprint density at radius 3 is 2.59 bits per heavy atom. The third-order valence-corrected chi connectivity index (χ3v) is 2.22. The number of nitriles is 1. The largest absolute Gasteiger partial charge is 0.497 e. The first-order chi connectivity index (χ1) is 8.12. The highest BCUT2D eigenvalue weighted by molar-refractivity contribution is 5.74. The summed E-state index contributed by atoms with van der Waals surface area (Å²) in [6, 6.07) is 6.35. The molecule has 5 nitrogen and oxygen atoms in total. The van der Waals surface area contributed by atoms with Crippen molar-refractivity contribution in [2.24, 2.45) is 0 Å². The molecular formula is C12H14N2O3. The molecule has 0 aromatic heterocycles. The molecule has 1 N–H and O–H groups in total. The minimum Gasteiger partial charge on any atom is -0.497 e. The van der Waals surface area contributed by atoms with Crippen molar-refractivity contribution >= 4 is 5.91 Å². The molecule has 0 saturated carbocycles. The second-order valence-corrected chi connectivity index (χ2v) is 3.37. The van der Waals surface area contributed by atoms with E-state index >= 15 is 0 Å². The van der Waals surface area contributed by atoms with Gasteiger partial charge in [-0.1, -0.05) is 0 Å². The smallest absolute Gasteiger partial charge is 0.218 e. The summed E-state index contributed by atoms with van der Waals surface area (Å²) in [7, 11) is 3.04. The fourth-order valence-electron chi connectivity index (χ4n) is 1.45. The summed E-state index contributed by atoms with van der Waals surface area (Å²) < 4.78 is 10.2. The third kappa shape index (κ3) is 3.11. The Balaban J connectivity index is 3.15. The normalized spacial score (nSPS) is 11.2. The molecule has 0 aliphatic heterocycles. The number of hydrogen-bond acceptors (Lipinski definition) is 4. The lowest BCUT2D eigenvalue weighted by molar-refractivity contribution is -0.119. The van der Waals surface area contributed by atoms with Crippen LogP contribution in [0.3, 0.4) is 0 Å². The van der Waals surface area contributed by atoms with E-state index < -0.39 is 6.04 Å². The van der Waals surface area contributed by atoms with Crippen LogP contribution in [-0.4, -0.2) is 20.1 Å². The molecule has 1 atom stereocenters. The maximum absolute atomic E-state index is 11.0. The first-order valence-corrected chi connectivity index (χ1v) is 5.01. The van der Waals surface area contributed by atoms with E-state index in [0.29, 0.717) is 17.1 Å². The molecule has 17 heavy (non-hydrogen) atoms. The molecule has 1 unspecified atom stereocenters. The first-order valence-electron chi connectivity index (χ1n) is 5.01. The number of amides is 1. The molecule has 0 heterocycles. The van der Waals surface area contributed by atoms with Crippen molar-refractivity contribution in [3.05, 3.63) is 23.8 Å². The number of rotatable bonds is 4. The lowest BCUT2D eigenvalue weighted by atomic mass is 10.1. The van der Waals surface area contributed by atoms with Crippen LogP contribution in [0.4, 0.5) is 0 Å². The SMILES string of the molecule is COc1ccc(OC)c(C(C#N)NC(C)=O)c1. The number of hydrogen-bond donors (Lipinski definition) is 1. The molecular weight excluding hydrogens is 220 g/mol. The number of carbonyl (C=O) groups excluding carboxylic acids is 1. The van der Waals surface area contributed by atoms with E-state index in [-0.39, 0.29) is 5.91 Å². The van der Waals surface area contributed by atoms with Crippen molar-refractivity contribution < 1.29 is 14.3 Å². The summed E-state index contributed by atoms with van der Waals surface area (Å²) >= 11 is 0. The van der Waals surface area contributed by atoms with Crippen LogP contribution in [0.5, 0.6) is 11.5 Å². The zero-order chi connectivity index (χ0) is 12.8. The summed E-state index contributed by atoms with van der Waals surface area (Å²) in [5.74, 6) is 0.860. The minimum absolute atomic E-state index is 0.276. The fourth-order valence-corrected chi connectivity index (χ4v) is 1.45. The Labute approximate surface area is 100.0 Å². The zero-order valence-electron chi connectivity index (χ0n) is 9.98. The molecule has 0 saturated heterocycles. The fraction of sp³-hybridized carbons (Fsp3) is 0.333. The van der Waals surface area contributed by atoms with Crippen LogP contribution >= 0.6 is 0 Å². The van der Waals surface area contributed by atoms with Crippen molar-refractivity contribution in [1.82, 2.24) is 5.32 Å². The van der Waals surface area contributed by atoms with E-state index in [1.807, 2.05) is 6.07 Å². The van der Waals surface area contributed by atoms with E-state index in [1.54, 1.807) is 18.2 Å². The Morgan fingerprint density at radius 2 is 2.12 bits per heavy atom. The van der Waals surface area contributed by atoms with E-state index in [1.165, 1.54) is 21.1 Å². The molecule has 1 amide bonds. The van der Waals surface area contributed by atoms with Crippen LogP contribution in [0.25, 0.3) is 0 Å².